The van der Waals surface area contributed by atoms with Gasteiger partial charge in [-0.3, -0.25) is 0 Å². The van der Waals surface area contributed by atoms with Crippen LogP contribution in [0.25, 0.3) is 6.08 Å². The first-order chi connectivity index (χ1) is 12.1. The minimum absolute atomic E-state index is 0.0870. The lowest BCUT2D eigenvalue weighted by atomic mass is 9.77. The molecule has 4 rings (SSSR count). The Balaban J connectivity index is 1.77. The van der Waals surface area contributed by atoms with Crippen molar-refractivity contribution in [2.75, 3.05) is 18.1 Å². The van der Waals surface area contributed by atoms with Crippen LogP contribution in [-0.2, 0) is 16.6 Å². The predicted molar refractivity (Wildman–Crippen MR) is 105 cm³/mol. The number of ether oxygens (including phenoxy) is 1. The van der Waals surface area contributed by atoms with Crippen LogP contribution in [0.5, 0.6) is 0 Å². The van der Waals surface area contributed by atoms with Crippen LogP contribution in [0.3, 0.4) is 0 Å². The van der Waals surface area contributed by atoms with Gasteiger partial charge in [0, 0.05) is 17.6 Å². The van der Waals surface area contributed by atoms with E-state index in [9.17, 15) is 0 Å². The van der Waals surface area contributed by atoms with E-state index in [2.05, 4.69) is 86.4 Å². The normalized spacial score (nSPS) is 23.9. The monoisotopic (exact) mass is 333 g/mol. The molecule has 2 aliphatic heterocycles. The van der Waals surface area contributed by atoms with Crippen LogP contribution in [-0.4, -0.2) is 18.9 Å². The van der Waals surface area contributed by atoms with Crippen molar-refractivity contribution in [3.63, 3.8) is 0 Å². The van der Waals surface area contributed by atoms with Crippen LogP contribution in [0.2, 0.25) is 0 Å². The van der Waals surface area contributed by atoms with Gasteiger partial charge in [-0.2, -0.15) is 0 Å². The second-order valence-corrected chi connectivity index (χ2v) is 7.62. The van der Waals surface area contributed by atoms with E-state index >= 15 is 0 Å². The molecule has 0 aliphatic carbocycles. The van der Waals surface area contributed by atoms with Crippen LogP contribution >= 0.6 is 0 Å². The molecule has 2 aromatic carbocycles. The van der Waals surface area contributed by atoms with Gasteiger partial charge in [-0.15, -0.1) is 0 Å². The molecule has 0 spiro atoms. The Labute approximate surface area is 151 Å². The largest absolute Gasteiger partial charge is 0.349 e. The Bertz CT molecular complexity index is 807. The molecule has 2 aliphatic rings. The fourth-order valence-electron chi connectivity index (χ4n) is 4.53. The van der Waals surface area contributed by atoms with Crippen LogP contribution in [0.15, 0.2) is 54.6 Å². The van der Waals surface area contributed by atoms with Gasteiger partial charge in [0.1, 0.15) is 0 Å². The fraction of sp³-hybridized carbons (Fsp3) is 0.391. The molecule has 0 saturated carbocycles. The van der Waals surface area contributed by atoms with Crippen molar-refractivity contribution in [2.45, 2.75) is 44.8 Å². The molecular formula is C23H27NO. The summed E-state index contributed by atoms with van der Waals surface area (Å²) in [5, 5.41) is 0. The summed E-state index contributed by atoms with van der Waals surface area (Å²) in [6, 6.07) is 17.5. The van der Waals surface area contributed by atoms with Crippen LogP contribution < -0.4 is 4.90 Å². The summed E-state index contributed by atoms with van der Waals surface area (Å²) in [6.07, 6.45) is 6.85. The van der Waals surface area contributed by atoms with Crippen molar-refractivity contribution in [1.82, 2.24) is 0 Å². The summed E-state index contributed by atoms with van der Waals surface area (Å²) >= 11 is 0. The van der Waals surface area contributed by atoms with Gasteiger partial charge in [0.25, 0.3) is 0 Å². The molecule has 0 bridgehead atoms. The van der Waals surface area contributed by atoms with E-state index < -0.39 is 5.72 Å². The van der Waals surface area contributed by atoms with E-state index in [1.165, 1.54) is 22.4 Å². The summed E-state index contributed by atoms with van der Waals surface area (Å²) in [4.78, 5) is 2.45. The van der Waals surface area contributed by atoms with Gasteiger partial charge < -0.3 is 9.64 Å². The molecule has 2 aromatic rings. The third-order valence-electron chi connectivity index (χ3n) is 5.86. The van der Waals surface area contributed by atoms with Gasteiger partial charge >= 0.3 is 0 Å². The van der Waals surface area contributed by atoms with Gasteiger partial charge in [0.15, 0.2) is 5.72 Å². The Morgan fingerprint density at radius 1 is 1.08 bits per heavy atom. The summed E-state index contributed by atoms with van der Waals surface area (Å²) in [6.45, 7) is 8.57. The average Bonchev–Trinajstić information content (AvgIpc) is 3.13. The van der Waals surface area contributed by atoms with E-state index in [1.807, 2.05) is 0 Å². The van der Waals surface area contributed by atoms with Crippen molar-refractivity contribution in [2.24, 2.45) is 0 Å². The number of fused-ring (bicyclic) bond motifs is 3. The van der Waals surface area contributed by atoms with Gasteiger partial charge in [0.05, 0.1) is 6.61 Å². The Kier molecular flexibility index (Phi) is 3.96. The highest BCUT2D eigenvalue weighted by Crippen LogP contribution is 2.54. The standard InChI is InChI=1S/C23H27NO/c1-4-9-18-10-5-6-11-19(18)14-15-23-22(2,3)20-12-7-8-13-21(20)24(23)16-17-25-23/h5-8,10-15H,4,9,16-17H2,1-3H3. The van der Waals surface area contributed by atoms with Gasteiger partial charge in [-0.25, -0.2) is 0 Å². The molecular weight excluding hydrogens is 306 g/mol. The number of para-hydroxylation sites is 1. The zero-order valence-electron chi connectivity index (χ0n) is 15.5. The highest BCUT2D eigenvalue weighted by molar-refractivity contribution is 5.70. The van der Waals surface area contributed by atoms with Gasteiger partial charge in [0.2, 0.25) is 0 Å². The Hall–Kier alpha value is -2.06. The first kappa shape index (κ1) is 16.4. The van der Waals surface area contributed by atoms with E-state index in [0.29, 0.717) is 0 Å². The number of anilines is 1. The zero-order valence-corrected chi connectivity index (χ0v) is 15.5. The topological polar surface area (TPSA) is 12.5 Å². The number of nitrogens with zero attached hydrogens (tertiary/aromatic N) is 1. The molecule has 1 atom stereocenters. The molecule has 25 heavy (non-hydrogen) atoms. The number of aryl methyl sites for hydroxylation is 1. The molecule has 130 valence electrons. The maximum absolute atomic E-state index is 6.42. The van der Waals surface area contributed by atoms with Gasteiger partial charge in [-0.05, 0) is 35.3 Å². The second kappa shape index (κ2) is 6.03. The third kappa shape index (κ3) is 2.35. The molecule has 2 heteroatoms. The molecule has 0 amide bonds. The number of hydrogen-bond donors (Lipinski definition) is 0. The van der Waals surface area contributed by atoms with E-state index in [0.717, 1.165) is 26.0 Å². The van der Waals surface area contributed by atoms with E-state index in [-0.39, 0.29) is 5.41 Å². The van der Waals surface area contributed by atoms with Crippen molar-refractivity contribution < 1.29 is 4.74 Å². The highest BCUT2D eigenvalue weighted by Gasteiger charge is 2.58. The predicted octanol–water partition coefficient (Wildman–Crippen LogP) is 5.18. The lowest BCUT2D eigenvalue weighted by Crippen LogP contribution is -2.51. The van der Waals surface area contributed by atoms with E-state index in [4.69, 9.17) is 4.74 Å². The van der Waals surface area contributed by atoms with Gasteiger partial charge in [-0.1, -0.05) is 75.7 Å². The molecule has 2 nitrogen and oxygen atoms in total. The summed E-state index contributed by atoms with van der Waals surface area (Å²) in [5.74, 6) is 0. The molecule has 1 saturated heterocycles. The van der Waals surface area contributed by atoms with Crippen molar-refractivity contribution in [3.8, 4) is 0 Å². The number of rotatable bonds is 4. The SMILES string of the molecule is CCCc1ccccc1C=CC12OCCN1c1ccccc1C2(C)C. The number of benzene rings is 2. The maximum Gasteiger partial charge on any atom is 0.170 e. The Morgan fingerprint density at radius 3 is 2.68 bits per heavy atom. The molecule has 1 unspecified atom stereocenters. The minimum atomic E-state index is -0.393. The zero-order chi connectivity index (χ0) is 17.5. The lowest BCUT2D eigenvalue weighted by Gasteiger charge is -2.39. The van der Waals surface area contributed by atoms with Crippen molar-refractivity contribution in [1.29, 1.82) is 0 Å². The molecule has 1 fully saturated rings. The van der Waals surface area contributed by atoms with Crippen molar-refractivity contribution in [3.05, 3.63) is 71.3 Å². The summed E-state index contributed by atoms with van der Waals surface area (Å²) < 4.78 is 6.42. The third-order valence-corrected chi connectivity index (χ3v) is 5.86. The fourth-order valence-corrected chi connectivity index (χ4v) is 4.53. The summed E-state index contributed by atoms with van der Waals surface area (Å²) in [7, 11) is 0. The molecule has 0 radical (unpaired) electrons. The maximum atomic E-state index is 6.42. The lowest BCUT2D eigenvalue weighted by molar-refractivity contribution is 0.000336. The summed E-state index contributed by atoms with van der Waals surface area (Å²) in [5.41, 5.74) is 4.93. The van der Waals surface area contributed by atoms with Crippen LogP contribution in [0, 0.1) is 0 Å². The van der Waals surface area contributed by atoms with Crippen LogP contribution in [0.1, 0.15) is 43.9 Å². The van der Waals surface area contributed by atoms with E-state index in [1.54, 1.807) is 0 Å². The van der Waals surface area contributed by atoms with Crippen LogP contribution in [0.4, 0.5) is 5.69 Å². The van der Waals surface area contributed by atoms with Crippen molar-refractivity contribution >= 4 is 11.8 Å². The molecule has 0 N–H and O–H groups in total. The minimum Gasteiger partial charge on any atom is -0.349 e. The Morgan fingerprint density at radius 2 is 1.84 bits per heavy atom. The molecule has 2 heterocycles. The quantitative estimate of drug-likeness (QED) is 0.765. The number of hydrogen-bond acceptors (Lipinski definition) is 2. The highest BCUT2D eigenvalue weighted by atomic mass is 16.5. The first-order valence-electron chi connectivity index (χ1n) is 9.38. The average molecular weight is 333 g/mol. The second-order valence-electron chi connectivity index (χ2n) is 7.62. The first-order valence-corrected chi connectivity index (χ1v) is 9.38. The smallest absolute Gasteiger partial charge is 0.170 e. The molecule has 0 aromatic heterocycles.